The van der Waals surface area contributed by atoms with E-state index in [1.807, 2.05) is 54.6 Å². The van der Waals surface area contributed by atoms with Gasteiger partial charge in [0.05, 0.1) is 28.9 Å². The molecule has 0 radical (unpaired) electrons. The van der Waals surface area contributed by atoms with Crippen LogP contribution >= 0.6 is 11.3 Å². The first-order chi connectivity index (χ1) is 14.7. The lowest BCUT2D eigenvalue weighted by molar-refractivity contribution is 0.103. The molecule has 0 unspecified atom stereocenters. The van der Waals surface area contributed by atoms with Crippen LogP contribution in [-0.2, 0) is 6.42 Å². The smallest absolute Gasteiger partial charge is 0.267 e. The number of anilines is 2. The summed E-state index contributed by atoms with van der Waals surface area (Å²) in [5.74, 6) is 0.631. The van der Waals surface area contributed by atoms with Gasteiger partial charge in [-0.3, -0.25) is 4.79 Å². The van der Waals surface area contributed by atoms with Crippen LogP contribution in [0.5, 0.6) is 0 Å². The zero-order valence-corrected chi connectivity index (χ0v) is 16.5. The monoisotopic (exact) mass is 416 g/mol. The number of carbonyl (C=O) groups excluding carboxylic acids is 1. The zero-order chi connectivity index (χ0) is 20.5. The number of nitrogens with one attached hydrogen (secondary N) is 1. The Labute approximate surface area is 175 Å². The number of rotatable bonds is 5. The summed E-state index contributed by atoms with van der Waals surface area (Å²) in [6, 6.07) is 17.4. The average Bonchev–Trinajstić information content (AvgIpc) is 3.49. The average molecular weight is 416 g/mol. The first kappa shape index (κ1) is 18.1. The summed E-state index contributed by atoms with van der Waals surface area (Å²) in [6.45, 7) is 0. The second-order valence-corrected chi connectivity index (χ2v) is 7.74. The van der Waals surface area contributed by atoms with Gasteiger partial charge in [-0.05, 0) is 35.2 Å². The standard InChI is InChI=1S/C21H16N6O2S/c22-16-11-27(15-4-2-1-3-5-15)26-20(16)24-21(28)18-10-14-7-6-13(8-17(14)30-18)9-19-25-23-12-29-19/h1-8,10-12H,9,22H2,(H,24,26,28). The van der Waals surface area contributed by atoms with Crippen molar-refractivity contribution in [3.05, 3.63) is 83.5 Å². The maximum absolute atomic E-state index is 12.8. The number of aromatic nitrogens is 4. The van der Waals surface area contributed by atoms with Crippen molar-refractivity contribution < 1.29 is 9.21 Å². The summed E-state index contributed by atoms with van der Waals surface area (Å²) in [6.07, 6.45) is 3.54. The summed E-state index contributed by atoms with van der Waals surface area (Å²) < 4.78 is 7.84. The highest BCUT2D eigenvalue weighted by Gasteiger charge is 2.15. The molecule has 3 N–H and O–H groups in total. The van der Waals surface area contributed by atoms with Gasteiger partial charge in [0.15, 0.2) is 5.82 Å². The van der Waals surface area contributed by atoms with Crippen LogP contribution in [0, 0.1) is 0 Å². The molecule has 3 aromatic heterocycles. The number of amides is 1. The van der Waals surface area contributed by atoms with Crippen molar-refractivity contribution in [1.82, 2.24) is 20.0 Å². The van der Waals surface area contributed by atoms with Crippen LogP contribution in [0.2, 0.25) is 0 Å². The van der Waals surface area contributed by atoms with Crippen LogP contribution in [0.4, 0.5) is 11.5 Å². The number of nitrogen functional groups attached to an aromatic ring is 1. The Morgan fingerprint density at radius 1 is 1.17 bits per heavy atom. The van der Waals surface area contributed by atoms with Crippen molar-refractivity contribution in [2.24, 2.45) is 0 Å². The fourth-order valence-electron chi connectivity index (χ4n) is 3.11. The minimum absolute atomic E-state index is 0.250. The molecule has 0 saturated carbocycles. The molecule has 1 amide bonds. The number of nitrogens with two attached hydrogens (primary N) is 1. The lowest BCUT2D eigenvalue weighted by atomic mass is 10.1. The summed E-state index contributed by atoms with van der Waals surface area (Å²) in [4.78, 5) is 13.4. The Bertz CT molecular complexity index is 1320. The van der Waals surface area contributed by atoms with Crippen molar-refractivity contribution >= 4 is 38.8 Å². The van der Waals surface area contributed by atoms with Crippen LogP contribution in [0.25, 0.3) is 15.8 Å². The van der Waals surface area contributed by atoms with E-state index >= 15 is 0 Å². The van der Waals surface area contributed by atoms with Crippen LogP contribution in [0.3, 0.4) is 0 Å². The number of nitrogens with zero attached hydrogens (tertiary/aromatic N) is 4. The maximum atomic E-state index is 12.8. The largest absolute Gasteiger partial charge is 0.428 e. The lowest BCUT2D eigenvalue weighted by Gasteiger charge is -2.01. The molecule has 0 aliphatic heterocycles. The van der Waals surface area contributed by atoms with E-state index in [-0.39, 0.29) is 5.91 Å². The molecule has 0 fully saturated rings. The fourth-order valence-corrected chi connectivity index (χ4v) is 4.13. The normalized spacial score (nSPS) is 11.1. The number of fused-ring (bicyclic) bond motifs is 1. The van der Waals surface area contributed by atoms with Crippen LogP contribution in [0.1, 0.15) is 21.1 Å². The van der Waals surface area contributed by atoms with Gasteiger partial charge in [-0.2, -0.15) is 0 Å². The van der Waals surface area contributed by atoms with Gasteiger partial charge in [0.25, 0.3) is 5.91 Å². The van der Waals surface area contributed by atoms with Crippen molar-refractivity contribution in [3.8, 4) is 5.69 Å². The molecule has 0 aliphatic carbocycles. The van der Waals surface area contributed by atoms with E-state index in [1.165, 1.54) is 17.7 Å². The Balaban J connectivity index is 1.36. The molecule has 5 aromatic rings. The van der Waals surface area contributed by atoms with E-state index in [9.17, 15) is 4.79 Å². The summed E-state index contributed by atoms with van der Waals surface area (Å²) >= 11 is 1.41. The van der Waals surface area contributed by atoms with Crippen molar-refractivity contribution in [2.75, 3.05) is 11.1 Å². The molecule has 3 heterocycles. The van der Waals surface area contributed by atoms with Gasteiger partial charge < -0.3 is 15.5 Å². The van der Waals surface area contributed by atoms with E-state index in [1.54, 1.807) is 10.9 Å². The van der Waals surface area contributed by atoms with Crippen LogP contribution < -0.4 is 11.1 Å². The van der Waals surface area contributed by atoms with Crippen LogP contribution in [0.15, 0.2) is 71.6 Å². The summed E-state index contributed by atoms with van der Waals surface area (Å²) in [5.41, 5.74) is 8.34. The molecular weight excluding hydrogens is 400 g/mol. The molecular formula is C21H16N6O2S. The van der Waals surface area contributed by atoms with E-state index in [0.29, 0.717) is 28.7 Å². The van der Waals surface area contributed by atoms with Gasteiger partial charge in [-0.1, -0.05) is 30.3 Å². The van der Waals surface area contributed by atoms with Gasteiger partial charge in [-0.25, -0.2) is 4.68 Å². The van der Waals surface area contributed by atoms with Gasteiger partial charge >= 0.3 is 0 Å². The van der Waals surface area contributed by atoms with Crippen molar-refractivity contribution in [1.29, 1.82) is 0 Å². The molecule has 8 nitrogen and oxygen atoms in total. The predicted molar refractivity (Wildman–Crippen MR) is 115 cm³/mol. The SMILES string of the molecule is Nc1cn(-c2ccccc2)nc1NC(=O)c1cc2ccc(Cc3nnco3)cc2s1. The van der Waals surface area contributed by atoms with Gasteiger partial charge in [0.1, 0.15) is 0 Å². The number of thiophene rings is 1. The Morgan fingerprint density at radius 3 is 2.83 bits per heavy atom. The van der Waals surface area contributed by atoms with Crippen LogP contribution in [-0.4, -0.2) is 25.9 Å². The highest BCUT2D eigenvalue weighted by molar-refractivity contribution is 7.20. The Kier molecular flexibility index (Phi) is 4.49. The molecule has 5 rings (SSSR count). The minimum Gasteiger partial charge on any atom is -0.428 e. The van der Waals surface area contributed by atoms with E-state index in [4.69, 9.17) is 10.2 Å². The fraction of sp³-hybridized carbons (Fsp3) is 0.0476. The van der Waals surface area contributed by atoms with Crippen molar-refractivity contribution in [2.45, 2.75) is 6.42 Å². The van der Waals surface area contributed by atoms with E-state index in [0.717, 1.165) is 21.3 Å². The molecule has 9 heteroatoms. The van der Waals surface area contributed by atoms with Gasteiger partial charge in [-0.15, -0.1) is 26.6 Å². The third-order valence-electron chi connectivity index (χ3n) is 4.56. The molecule has 148 valence electrons. The molecule has 0 saturated heterocycles. The zero-order valence-electron chi connectivity index (χ0n) is 15.6. The minimum atomic E-state index is -0.250. The van der Waals surface area contributed by atoms with E-state index in [2.05, 4.69) is 20.6 Å². The van der Waals surface area contributed by atoms with Crippen molar-refractivity contribution in [3.63, 3.8) is 0 Å². The lowest BCUT2D eigenvalue weighted by Crippen LogP contribution is -2.12. The third-order valence-corrected chi connectivity index (χ3v) is 5.66. The maximum Gasteiger partial charge on any atom is 0.267 e. The molecule has 0 aliphatic rings. The van der Waals surface area contributed by atoms with Gasteiger partial charge in [0.2, 0.25) is 12.3 Å². The summed E-state index contributed by atoms with van der Waals surface area (Å²) in [7, 11) is 0. The highest BCUT2D eigenvalue weighted by atomic mass is 32.1. The molecule has 30 heavy (non-hydrogen) atoms. The molecule has 2 aromatic carbocycles. The number of benzene rings is 2. The second-order valence-electron chi connectivity index (χ2n) is 6.66. The highest BCUT2D eigenvalue weighted by Crippen LogP contribution is 2.28. The predicted octanol–water partition coefficient (Wildman–Crippen LogP) is 3.90. The third kappa shape index (κ3) is 3.53. The van der Waals surface area contributed by atoms with Gasteiger partial charge in [0, 0.05) is 4.70 Å². The topological polar surface area (TPSA) is 112 Å². The molecule has 0 spiro atoms. The summed E-state index contributed by atoms with van der Waals surface area (Å²) in [5, 5.41) is 15.8. The first-order valence-electron chi connectivity index (χ1n) is 9.15. The number of hydrogen-bond donors (Lipinski definition) is 2. The Morgan fingerprint density at radius 2 is 2.03 bits per heavy atom. The second kappa shape index (κ2) is 7.45. The molecule has 0 atom stereocenters. The number of para-hydroxylation sites is 1. The quantitative estimate of drug-likeness (QED) is 0.449. The first-order valence-corrected chi connectivity index (χ1v) is 9.97. The number of hydrogen-bond acceptors (Lipinski definition) is 7. The molecule has 0 bridgehead atoms. The van der Waals surface area contributed by atoms with E-state index < -0.39 is 0 Å². The Hall–Kier alpha value is -3.98. The number of carbonyl (C=O) groups is 1.